The van der Waals surface area contributed by atoms with Crippen LogP contribution >= 0.6 is 27.3 Å². The zero-order valence-electron chi connectivity index (χ0n) is 14.3. The molecule has 1 aliphatic rings. The normalized spacial score (nSPS) is 17.0. The zero-order valence-corrected chi connectivity index (χ0v) is 16.7. The lowest BCUT2D eigenvalue weighted by Crippen LogP contribution is -2.34. The molecule has 0 saturated carbocycles. The van der Waals surface area contributed by atoms with Crippen molar-refractivity contribution >= 4 is 39.0 Å². The minimum absolute atomic E-state index is 0.0720. The van der Waals surface area contributed by atoms with Crippen molar-refractivity contribution in [2.75, 3.05) is 26.4 Å². The van der Waals surface area contributed by atoms with Gasteiger partial charge in [0.2, 0.25) is 5.78 Å². The Morgan fingerprint density at radius 2 is 2.07 bits per heavy atom. The van der Waals surface area contributed by atoms with Gasteiger partial charge in [-0.2, -0.15) is 0 Å². The number of hydrogen-bond acceptors (Lipinski definition) is 6. The van der Waals surface area contributed by atoms with Gasteiger partial charge in [0.25, 0.3) is 5.91 Å². The third-order valence-electron chi connectivity index (χ3n) is 4.17. The molecule has 0 saturated heterocycles. The van der Waals surface area contributed by atoms with Crippen LogP contribution in [0.15, 0.2) is 57.6 Å². The van der Waals surface area contributed by atoms with Crippen LogP contribution in [0.2, 0.25) is 0 Å². The summed E-state index contributed by atoms with van der Waals surface area (Å²) in [5.41, 5.74) is 0.784. The summed E-state index contributed by atoms with van der Waals surface area (Å²) in [6.45, 7) is 0.407. The van der Waals surface area contributed by atoms with Crippen LogP contribution in [0, 0.1) is 0 Å². The van der Waals surface area contributed by atoms with Gasteiger partial charge in [-0.05, 0) is 29.1 Å². The molecule has 0 fully saturated rings. The second-order valence-corrected chi connectivity index (χ2v) is 7.72. The number of carbonyl (C=O) groups is 2. The average molecular weight is 452 g/mol. The Labute approximate surface area is 168 Å². The smallest absolute Gasteiger partial charge is 0.290 e. The first-order valence-electron chi connectivity index (χ1n) is 8.31. The van der Waals surface area contributed by atoms with Crippen LogP contribution in [-0.2, 0) is 9.53 Å². The number of hydrogen-bond donors (Lipinski definition) is 2. The maximum Gasteiger partial charge on any atom is 0.290 e. The molecule has 0 radical (unpaired) electrons. The number of amides is 1. The topological polar surface area (TPSA) is 87.1 Å². The van der Waals surface area contributed by atoms with Crippen LogP contribution in [0.4, 0.5) is 0 Å². The molecular formula is C19H18BrNO5S. The van der Waals surface area contributed by atoms with Crippen LogP contribution in [0.1, 0.15) is 21.3 Å². The standard InChI is InChI=1S/C19H18BrNO5S/c20-13-4-1-3-12(11-13)16-15(17(23)14-5-2-10-27-14)18(24)19(25)21(16)6-8-26-9-7-22/h1-5,10-11,16,22,24H,6-9H2/t16-/m1/s1. The number of Topliss-reactive ketones (excluding diaryl/α,β-unsaturated/α-hetero) is 1. The van der Waals surface area contributed by atoms with E-state index < -0.39 is 17.7 Å². The second kappa shape index (κ2) is 8.79. The summed E-state index contributed by atoms with van der Waals surface area (Å²) in [6.07, 6.45) is 0. The first-order valence-corrected chi connectivity index (χ1v) is 9.98. The molecule has 2 N–H and O–H groups in total. The van der Waals surface area contributed by atoms with Gasteiger partial charge < -0.3 is 19.8 Å². The molecule has 0 aliphatic carbocycles. The number of ketones is 1. The lowest BCUT2D eigenvalue weighted by atomic mass is 9.95. The van der Waals surface area contributed by atoms with Gasteiger partial charge >= 0.3 is 0 Å². The average Bonchev–Trinajstić information content (AvgIpc) is 3.27. The van der Waals surface area contributed by atoms with E-state index in [4.69, 9.17) is 9.84 Å². The molecule has 1 amide bonds. The molecule has 142 valence electrons. The van der Waals surface area contributed by atoms with E-state index in [0.29, 0.717) is 10.4 Å². The van der Waals surface area contributed by atoms with Gasteiger partial charge in [0.15, 0.2) is 5.76 Å². The van der Waals surface area contributed by atoms with Gasteiger partial charge in [-0.25, -0.2) is 0 Å². The number of rotatable bonds is 8. The quantitative estimate of drug-likeness (QED) is 0.475. The Balaban J connectivity index is 1.98. The lowest BCUT2D eigenvalue weighted by molar-refractivity contribution is -0.130. The van der Waals surface area contributed by atoms with Gasteiger partial charge in [-0.15, -0.1) is 11.3 Å². The number of carbonyl (C=O) groups excluding carboxylic acids is 2. The molecule has 1 aliphatic heterocycles. The molecule has 2 aromatic rings. The molecule has 27 heavy (non-hydrogen) atoms. The van der Waals surface area contributed by atoms with E-state index in [9.17, 15) is 14.7 Å². The number of aliphatic hydroxyl groups excluding tert-OH is 2. The highest BCUT2D eigenvalue weighted by atomic mass is 79.9. The van der Waals surface area contributed by atoms with E-state index in [1.165, 1.54) is 16.2 Å². The summed E-state index contributed by atoms with van der Waals surface area (Å²) < 4.78 is 6.07. The summed E-state index contributed by atoms with van der Waals surface area (Å²) in [7, 11) is 0. The van der Waals surface area contributed by atoms with Gasteiger partial charge in [0.1, 0.15) is 0 Å². The number of nitrogens with zero attached hydrogens (tertiary/aromatic N) is 1. The van der Waals surface area contributed by atoms with Crippen molar-refractivity contribution in [2.24, 2.45) is 0 Å². The molecule has 6 nitrogen and oxygen atoms in total. The largest absolute Gasteiger partial charge is 0.503 e. The summed E-state index contributed by atoms with van der Waals surface area (Å²) in [4.78, 5) is 27.6. The number of thiophene rings is 1. The highest BCUT2D eigenvalue weighted by molar-refractivity contribution is 9.10. The second-order valence-electron chi connectivity index (χ2n) is 5.86. The van der Waals surface area contributed by atoms with Gasteiger partial charge in [-0.3, -0.25) is 9.59 Å². The SMILES string of the molecule is O=C(C1=C(O)C(=O)N(CCOCCO)[C@@H]1c1cccc(Br)c1)c1cccs1. The van der Waals surface area contributed by atoms with Gasteiger partial charge in [0.05, 0.1) is 36.3 Å². The Bertz CT molecular complexity index is 865. The van der Waals surface area contributed by atoms with E-state index in [0.717, 1.165) is 4.47 Å². The predicted molar refractivity (Wildman–Crippen MR) is 105 cm³/mol. The molecular weight excluding hydrogens is 434 g/mol. The van der Waals surface area contributed by atoms with Crippen molar-refractivity contribution in [2.45, 2.75) is 6.04 Å². The highest BCUT2D eigenvalue weighted by Crippen LogP contribution is 2.39. The summed E-state index contributed by atoms with van der Waals surface area (Å²) in [5.74, 6) is -1.49. The van der Waals surface area contributed by atoms with Crippen LogP contribution < -0.4 is 0 Å². The maximum absolute atomic E-state index is 13.0. The number of aliphatic hydroxyl groups is 2. The fourth-order valence-electron chi connectivity index (χ4n) is 3.01. The van der Waals surface area contributed by atoms with Crippen molar-refractivity contribution in [3.05, 3.63) is 68.0 Å². The number of benzene rings is 1. The minimum Gasteiger partial charge on any atom is -0.503 e. The highest BCUT2D eigenvalue weighted by Gasteiger charge is 2.43. The van der Waals surface area contributed by atoms with Crippen molar-refractivity contribution in [3.63, 3.8) is 0 Å². The molecule has 3 rings (SSSR count). The number of ether oxygens (including phenoxy) is 1. The summed E-state index contributed by atoms with van der Waals surface area (Å²) in [5, 5.41) is 21.1. The molecule has 0 unspecified atom stereocenters. The molecule has 8 heteroatoms. The molecule has 1 atom stereocenters. The maximum atomic E-state index is 13.0. The predicted octanol–water partition coefficient (Wildman–Crippen LogP) is 3.10. The fourth-order valence-corrected chi connectivity index (χ4v) is 4.10. The van der Waals surface area contributed by atoms with Crippen molar-refractivity contribution < 1.29 is 24.5 Å². The van der Waals surface area contributed by atoms with E-state index in [-0.39, 0.29) is 37.7 Å². The van der Waals surface area contributed by atoms with Crippen molar-refractivity contribution in [3.8, 4) is 0 Å². The monoisotopic (exact) mass is 451 g/mol. The van der Waals surface area contributed by atoms with Crippen molar-refractivity contribution in [1.82, 2.24) is 4.90 Å². The van der Waals surface area contributed by atoms with Crippen LogP contribution in [-0.4, -0.2) is 53.2 Å². The molecule has 0 spiro atoms. The summed E-state index contributed by atoms with van der Waals surface area (Å²) in [6, 6.07) is 10.0. The van der Waals surface area contributed by atoms with Crippen molar-refractivity contribution in [1.29, 1.82) is 0 Å². The third kappa shape index (κ3) is 4.14. The lowest BCUT2D eigenvalue weighted by Gasteiger charge is -2.26. The minimum atomic E-state index is -0.706. The van der Waals surface area contributed by atoms with Crippen LogP contribution in [0.25, 0.3) is 0 Å². The van der Waals surface area contributed by atoms with Gasteiger partial charge in [0, 0.05) is 11.0 Å². The molecule has 0 bridgehead atoms. The molecule has 1 aromatic heterocycles. The molecule has 1 aromatic carbocycles. The fraction of sp³-hybridized carbons (Fsp3) is 0.263. The third-order valence-corrected chi connectivity index (χ3v) is 5.53. The Morgan fingerprint density at radius 1 is 1.26 bits per heavy atom. The number of halogens is 1. The Morgan fingerprint density at radius 3 is 2.74 bits per heavy atom. The Kier molecular flexibility index (Phi) is 6.43. The van der Waals surface area contributed by atoms with Crippen LogP contribution in [0.5, 0.6) is 0 Å². The van der Waals surface area contributed by atoms with E-state index >= 15 is 0 Å². The Hall–Kier alpha value is -2.00. The van der Waals surface area contributed by atoms with E-state index in [2.05, 4.69) is 15.9 Å². The first kappa shape index (κ1) is 19.8. The molecule has 2 heterocycles. The van der Waals surface area contributed by atoms with E-state index in [1.807, 2.05) is 24.3 Å². The first-order chi connectivity index (χ1) is 13.0. The van der Waals surface area contributed by atoms with Crippen LogP contribution in [0.3, 0.4) is 0 Å². The summed E-state index contributed by atoms with van der Waals surface area (Å²) >= 11 is 4.67. The zero-order chi connectivity index (χ0) is 19.4. The van der Waals surface area contributed by atoms with Gasteiger partial charge in [-0.1, -0.05) is 34.1 Å². The van der Waals surface area contributed by atoms with E-state index in [1.54, 1.807) is 17.5 Å².